The van der Waals surface area contributed by atoms with Gasteiger partial charge >= 0.3 is 0 Å². The Kier molecular flexibility index (Phi) is 5.74. The number of hydrogen-bond acceptors (Lipinski definition) is 7. The Morgan fingerprint density at radius 2 is 1.90 bits per heavy atom. The highest BCUT2D eigenvalue weighted by Gasteiger charge is 2.44. The first-order valence-corrected chi connectivity index (χ1v) is 10.4. The standard InChI is InChI=1S/C19H19N3O7S/c1-12-3-6-14(7-4-12)30(27,28)21-16(8-10-18(21)23)19(24)20-15-11-13(22(25)26)5-9-17(15)29-2/h3-7,9,11,16H,8,10H2,1-2H3,(H,20,24). The highest BCUT2D eigenvalue weighted by molar-refractivity contribution is 7.89. The van der Waals surface area contributed by atoms with E-state index in [-0.39, 0.29) is 34.9 Å². The predicted molar refractivity (Wildman–Crippen MR) is 107 cm³/mol. The fourth-order valence-electron chi connectivity index (χ4n) is 3.15. The Bertz CT molecular complexity index is 1110. The molecule has 1 aliphatic heterocycles. The summed E-state index contributed by atoms with van der Waals surface area (Å²) in [6.07, 6.45) is -0.123. The molecule has 1 heterocycles. The molecule has 2 amide bonds. The van der Waals surface area contributed by atoms with Crippen molar-refractivity contribution in [3.8, 4) is 5.75 Å². The Labute approximate surface area is 172 Å². The van der Waals surface area contributed by atoms with Crippen LogP contribution in [0, 0.1) is 17.0 Å². The lowest BCUT2D eigenvalue weighted by Gasteiger charge is -2.24. The highest BCUT2D eigenvalue weighted by Crippen LogP contribution is 2.32. The number of non-ortho nitro benzene ring substituents is 1. The molecule has 158 valence electrons. The molecule has 2 aromatic carbocycles. The molecule has 11 heteroatoms. The fourth-order valence-corrected chi connectivity index (χ4v) is 4.75. The lowest BCUT2D eigenvalue weighted by Crippen LogP contribution is -2.45. The summed E-state index contributed by atoms with van der Waals surface area (Å²) in [5, 5.41) is 13.5. The van der Waals surface area contributed by atoms with Crippen LogP contribution in [0.2, 0.25) is 0 Å². The zero-order chi connectivity index (χ0) is 22.1. The number of anilines is 1. The maximum absolute atomic E-state index is 13.0. The van der Waals surface area contributed by atoms with Crippen molar-refractivity contribution in [3.05, 3.63) is 58.1 Å². The lowest BCUT2D eigenvalue weighted by molar-refractivity contribution is -0.384. The number of nitro benzene ring substituents is 1. The molecule has 1 N–H and O–H groups in total. The van der Waals surface area contributed by atoms with Gasteiger partial charge in [-0.3, -0.25) is 19.7 Å². The number of carbonyl (C=O) groups is 2. The van der Waals surface area contributed by atoms with E-state index >= 15 is 0 Å². The summed E-state index contributed by atoms with van der Waals surface area (Å²) in [5.41, 5.74) is 0.565. The zero-order valence-electron chi connectivity index (χ0n) is 16.2. The summed E-state index contributed by atoms with van der Waals surface area (Å²) in [7, 11) is -2.92. The molecule has 1 unspecified atom stereocenters. The van der Waals surface area contributed by atoms with Gasteiger partial charge in [-0.2, -0.15) is 0 Å². The number of hydrogen-bond donors (Lipinski definition) is 1. The second-order valence-electron chi connectivity index (χ2n) is 6.69. The van der Waals surface area contributed by atoms with Gasteiger partial charge in [0.25, 0.3) is 15.7 Å². The van der Waals surface area contributed by atoms with Crippen LogP contribution in [0.5, 0.6) is 5.75 Å². The quantitative estimate of drug-likeness (QED) is 0.545. The molecule has 3 rings (SSSR count). The van der Waals surface area contributed by atoms with Gasteiger partial charge in [0.05, 0.1) is 22.6 Å². The average molecular weight is 433 g/mol. The first-order chi connectivity index (χ1) is 14.1. The fraction of sp³-hybridized carbons (Fsp3) is 0.263. The van der Waals surface area contributed by atoms with Crippen LogP contribution in [0.3, 0.4) is 0 Å². The van der Waals surface area contributed by atoms with Crippen LogP contribution >= 0.6 is 0 Å². The van der Waals surface area contributed by atoms with Crippen molar-refractivity contribution in [3.63, 3.8) is 0 Å². The summed E-state index contributed by atoms with van der Waals surface area (Å²) >= 11 is 0. The van der Waals surface area contributed by atoms with Crippen LogP contribution in [0.25, 0.3) is 0 Å². The Hall–Kier alpha value is -3.47. The molecule has 0 saturated carbocycles. The van der Waals surface area contributed by atoms with E-state index in [0.717, 1.165) is 11.6 Å². The van der Waals surface area contributed by atoms with Gasteiger partial charge in [0.15, 0.2) is 0 Å². The van der Waals surface area contributed by atoms with Gasteiger partial charge in [0, 0.05) is 18.6 Å². The highest BCUT2D eigenvalue weighted by atomic mass is 32.2. The second kappa shape index (κ2) is 8.11. The van der Waals surface area contributed by atoms with Gasteiger partial charge < -0.3 is 10.1 Å². The molecule has 0 aliphatic carbocycles. The molecule has 2 aromatic rings. The van der Waals surface area contributed by atoms with E-state index in [1.807, 2.05) is 0 Å². The topological polar surface area (TPSA) is 136 Å². The van der Waals surface area contributed by atoms with Crippen LogP contribution < -0.4 is 10.1 Å². The van der Waals surface area contributed by atoms with Crippen LogP contribution in [-0.4, -0.2) is 42.6 Å². The van der Waals surface area contributed by atoms with Gasteiger partial charge in [-0.25, -0.2) is 12.7 Å². The smallest absolute Gasteiger partial charge is 0.271 e. The van der Waals surface area contributed by atoms with Crippen LogP contribution in [0.1, 0.15) is 18.4 Å². The number of rotatable bonds is 6. The molecule has 1 aliphatic rings. The third kappa shape index (κ3) is 3.96. The molecule has 0 bridgehead atoms. The van der Waals surface area contributed by atoms with Crippen molar-refractivity contribution in [2.24, 2.45) is 0 Å². The molecule has 10 nitrogen and oxygen atoms in total. The molecule has 1 saturated heterocycles. The minimum absolute atomic E-state index is 0.00346. The van der Waals surface area contributed by atoms with Gasteiger partial charge in [-0.05, 0) is 31.5 Å². The summed E-state index contributed by atoms with van der Waals surface area (Å²) in [6.45, 7) is 1.79. The van der Waals surface area contributed by atoms with Crippen LogP contribution in [0.4, 0.5) is 11.4 Å². The SMILES string of the molecule is COc1ccc([N+](=O)[O-])cc1NC(=O)C1CCC(=O)N1S(=O)(=O)c1ccc(C)cc1. The average Bonchev–Trinajstić information content (AvgIpc) is 3.10. The number of ether oxygens (including phenoxy) is 1. The number of methoxy groups -OCH3 is 1. The minimum atomic E-state index is -4.24. The lowest BCUT2D eigenvalue weighted by atomic mass is 10.2. The molecule has 0 aromatic heterocycles. The second-order valence-corrected chi connectivity index (χ2v) is 8.51. The normalized spacial score (nSPS) is 16.4. The van der Waals surface area contributed by atoms with Gasteiger partial charge in [0.1, 0.15) is 11.8 Å². The van der Waals surface area contributed by atoms with Crippen molar-refractivity contribution < 1.29 is 27.7 Å². The number of benzene rings is 2. The molecular weight excluding hydrogens is 414 g/mol. The van der Waals surface area contributed by atoms with Crippen LogP contribution in [-0.2, 0) is 19.6 Å². The molecule has 1 atom stereocenters. The first kappa shape index (κ1) is 21.2. The van der Waals surface area contributed by atoms with E-state index in [4.69, 9.17) is 4.74 Å². The molecule has 1 fully saturated rings. The predicted octanol–water partition coefficient (Wildman–Crippen LogP) is 2.23. The largest absolute Gasteiger partial charge is 0.495 e. The summed E-state index contributed by atoms with van der Waals surface area (Å²) in [4.78, 5) is 35.5. The van der Waals surface area contributed by atoms with E-state index < -0.39 is 32.8 Å². The number of nitrogens with one attached hydrogen (secondary N) is 1. The Morgan fingerprint density at radius 3 is 2.50 bits per heavy atom. The number of amides is 2. The van der Waals surface area contributed by atoms with Gasteiger partial charge in [0.2, 0.25) is 11.8 Å². The first-order valence-electron chi connectivity index (χ1n) is 8.92. The third-order valence-corrected chi connectivity index (χ3v) is 6.54. The summed E-state index contributed by atoms with van der Waals surface area (Å²) < 4.78 is 31.7. The van der Waals surface area contributed by atoms with Crippen molar-refractivity contribution >= 4 is 33.2 Å². The monoisotopic (exact) mass is 433 g/mol. The number of carbonyl (C=O) groups excluding carboxylic acids is 2. The molecule has 30 heavy (non-hydrogen) atoms. The van der Waals surface area contributed by atoms with E-state index in [1.165, 1.54) is 31.4 Å². The number of nitro groups is 1. The Balaban J connectivity index is 1.92. The van der Waals surface area contributed by atoms with E-state index in [9.17, 15) is 28.1 Å². The molecule has 0 radical (unpaired) electrons. The molecule has 0 spiro atoms. The van der Waals surface area contributed by atoms with Gasteiger partial charge in [-0.1, -0.05) is 17.7 Å². The number of nitrogens with zero attached hydrogens (tertiary/aromatic N) is 2. The summed E-state index contributed by atoms with van der Waals surface area (Å²) in [6, 6.07) is 8.27. The number of aryl methyl sites for hydroxylation is 1. The number of sulfonamides is 1. The van der Waals surface area contributed by atoms with E-state index in [1.54, 1.807) is 19.1 Å². The van der Waals surface area contributed by atoms with Crippen molar-refractivity contribution in [2.75, 3.05) is 12.4 Å². The maximum Gasteiger partial charge on any atom is 0.271 e. The maximum atomic E-state index is 13.0. The third-order valence-electron chi connectivity index (χ3n) is 4.69. The molecular formula is C19H19N3O7S. The van der Waals surface area contributed by atoms with E-state index in [2.05, 4.69) is 5.32 Å². The Morgan fingerprint density at radius 1 is 1.23 bits per heavy atom. The zero-order valence-corrected chi connectivity index (χ0v) is 17.0. The minimum Gasteiger partial charge on any atom is -0.495 e. The van der Waals surface area contributed by atoms with E-state index in [0.29, 0.717) is 4.31 Å². The van der Waals surface area contributed by atoms with Crippen molar-refractivity contribution in [1.29, 1.82) is 0 Å². The van der Waals surface area contributed by atoms with Gasteiger partial charge in [-0.15, -0.1) is 0 Å². The summed E-state index contributed by atoms with van der Waals surface area (Å²) in [5.74, 6) is -1.32. The van der Waals surface area contributed by atoms with Crippen LogP contribution in [0.15, 0.2) is 47.4 Å². The van der Waals surface area contributed by atoms with Crippen molar-refractivity contribution in [1.82, 2.24) is 4.31 Å². The van der Waals surface area contributed by atoms with Crippen molar-refractivity contribution in [2.45, 2.75) is 30.7 Å².